The van der Waals surface area contributed by atoms with Gasteiger partial charge >= 0.3 is 0 Å². The first-order valence-electron chi connectivity index (χ1n) is 7.71. The average Bonchev–Trinajstić information content (AvgIpc) is 3.05. The maximum absolute atomic E-state index is 11.9. The number of aromatic amines is 3. The number of fused-ring (bicyclic) bond motifs is 1. The molecule has 0 spiro atoms. The van der Waals surface area contributed by atoms with Crippen molar-refractivity contribution in [2.45, 2.75) is 26.7 Å². The van der Waals surface area contributed by atoms with E-state index < -0.39 is 0 Å². The quantitative estimate of drug-likeness (QED) is 0.425. The van der Waals surface area contributed by atoms with E-state index >= 15 is 0 Å². The van der Waals surface area contributed by atoms with Crippen LogP contribution in [0.2, 0.25) is 0 Å². The normalized spacial score (nSPS) is 11.4. The van der Waals surface area contributed by atoms with E-state index in [1.54, 1.807) is 13.1 Å². The highest BCUT2D eigenvalue weighted by atomic mass is 16.2. The lowest BCUT2D eigenvalue weighted by Gasteiger charge is -1.99. The number of amides is 1. The number of benzene rings is 1. The SMILES string of the molecule is Cc1[nH][nH]c(=O)c1CCC(=O)NN=Cc1c(C)[nH]c2ccccc12. The Bertz CT molecular complexity index is 961. The molecule has 4 N–H and O–H groups in total. The van der Waals surface area contributed by atoms with Crippen LogP contribution in [0.5, 0.6) is 0 Å². The minimum Gasteiger partial charge on any atom is -0.358 e. The Morgan fingerprint density at radius 2 is 2.00 bits per heavy atom. The minimum absolute atomic E-state index is 0.182. The number of aromatic nitrogens is 3. The highest BCUT2D eigenvalue weighted by molar-refractivity contribution is 6.00. The van der Waals surface area contributed by atoms with Gasteiger partial charge in [0, 0.05) is 39.8 Å². The lowest BCUT2D eigenvalue weighted by atomic mass is 10.1. The van der Waals surface area contributed by atoms with Crippen LogP contribution in [0.4, 0.5) is 0 Å². The zero-order valence-electron chi connectivity index (χ0n) is 13.6. The van der Waals surface area contributed by atoms with Crippen LogP contribution in [-0.4, -0.2) is 27.3 Å². The number of carbonyl (C=O) groups excluding carboxylic acids is 1. The number of rotatable bonds is 5. The first-order chi connectivity index (χ1) is 11.6. The van der Waals surface area contributed by atoms with Gasteiger partial charge in [-0.1, -0.05) is 18.2 Å². The molecule has 0 aliphatic rings. The van der Waals surface area contributed by atoms with E-state index in [1.807, 2.05) is 31.2 Å². The van der Waals surface area contributed by atoms with E-state index in [4.69, 9.17) is 0 Å². The van der Waals surface area contributed by atoms with Gasteiger partial charge in [0.2, 0.25) is 5.91 Å². The van der Waals surface area contributed by atoms with Crippen molar-refractivity contribution >= 4 is 23.0 Å². The standard InChI is InChI=1S/C17H19N5O2/c1-10-14(13-5-3-4-6-15(13)19-10)9-18-21-16(23)8-7-12-11(2)20-22-17(12)24/h3-6,9,19H,7-8H2,1-2H3,(H,21,23)(H2,20,22,24). The topological polar surface area (TPSA) is 106 Å². The monoisotopic (exact) mass is 325 g/mol. The summed E-state index contributed by atoms with van der Waals surface area (Å²) in [5.74, 6) is -0.233. The molecule has 3 aromatic rings. The molecular weight excluding hydrogens is 306 g/mol. The van der Waals surface area contributed by atoms with Gasteiger partial charge in [0.1, 0.15) is 0 Å². The number of nitrogens with zero attached hydrogens (tertiary/aromatic N) is 1. The Morgan fingerprint density at radius 1 is 1.21 bits per heavy atom. The largest absolute Gasteiger partial charge is 0.358 e. The molecule has 7 heteroatoms. The Morgan fingerprint density at radius 3 is 2.75 bits per heavy atom. The Balaban J connectivity index is 1.62. The van der Waals surface area contributed by atoms with Gasteiger partial charge in [-0.2, -0.15) is 5.10 Å². The van der Waals surface area contributed by atoms with Gasteiger partial charge in [-0.05, 0) is 26.3 Å². The summed E-state index contributed by atoms with van der Waals surface area (Å²) in [5.41, 5.74) is 6.65. The number of hydrogen-bond acceptors (Lipinski definition) is 3. The molecule has 0 fully saturated rings. The third-order valence-electron chi connectivity index (χ3n) is 4.02. The highest BCUT2D eigenvalue weighted by Gasteiger charge is 2.09. The lowest BCUT2D eigenvalue weighted by Crippen LogP contribution is -2.19. The van der Waals surface area contributed by atoms with Crippen molar-refractivity contribution in [2.24, 2.45) is 5.10 Å². The molecule has 0 radical (unpaired) electrons. The molecule has 124 valence electrons. The van der Waals surface area contributed by atoms with E-state index in [0.29, 0.717) is 12.0 Å². The predicted octanol–water partition coefficient (Wildman–Crippen LogP) is 1.88. The molecular formula is C17H19N5O2. The molecule has 24 heavy (non-hydrogen) atoms. The number of carbonyl (C=O) groups is 1. The molecule has 0 saturated carbocycles. The van der Waals surface area contributed by atoms with Crippen molar-refractivity contribution in [3.63, 3.8) is 0 Å². The second-order valence-corrected chi connectivity index (χ2v) is 5.69. The zero-order chi connectivity index (χ0) is 17.1. The van der Waals surface area contributed by atoms with Crippen LogP contribution in [0.1, 0.15) is 28.9 Å². The summed E-state index contributed by atoms with van der Waals surface area (Å²) in [6.07, 6.45) is 2.21. The van der Waals surface area contributed by atoms with Gasteiger partial charge in [-0.3, -0.25) is 14.7 Å². The predicted molar refractivity (Wildman–Crippen MR) is 93.2 cm³/mol. The molecule has 1 amide bonds. The lowest BCUT2D eigenvalue weighted by molar-refractivity contribution is -0.121. The molecule has 0 unspecified atom stereocenters. The summed E-state index contributed by atoms with van der Waals surface area (Å²) in [7, 11) is 0. The summed E-state index contributed by atoms with van der Waals surface area (Å²) in [4.78, 5) is 26.7. The van der Waals surface area contributed by atoms with Crippen molar-refractivity contribution in [3.8, 4) is 0 Å². The summed E-state index contributed by atoms with van der Waals surface area (Å²) in [5, 5.41) is 10.3. The summed E-state index contributed by atoms with van der Waals surface area (Å²) < 4.78 is 0. The fourth-order valence-corrected chi connectivity index (χ4v) is 2.70. The van der Waals surface area contributed by atoms with E-state index in [1.165, 1.54) is 0 Å². The molecule has 0 aliphatic carbocycles. The van der Waals surface area contributed by atoms with E-state index in [0.717, 1.165) is 27.9 Å². The van der Waals surface area contributed by atoms with Crippen molar-refractivity contribution in [1.82, 2.24) is 20.6 Å². The van der Waals surface area contributed by atoms with Crippen LogP contribution < -0.4 is 11.0 Å². The third kappa shape index (κ3) is 3.15. The van der Waals surface area contributed by atoms with Crippen LogP contribution >= 0.6 is 0 Å². The van der Waals surface area contributed by atoms with Crippen LogP contribution in [0.25, 0.3) is 10.9 Å². The number of H-pyrrole nitrogens is 3. The summed E-state index contributed by atoms with van der Waals surface area (Å²) in [6.45, 7) is 3.76. The number of hydrogen-bond donors (Lipinski definition) is 4. The molecule has 0 bridgehead atoms. The van der Waals surface area contributed by atoms with Crippen LogP contribution in [0.15, 0.2) is 34.2 Å². The molecule has 3 rings (SSSR count). The summed E-state index contributed by atoms with van der Waals surface area (Å²) >= 11 is 0. The maximum Gasteiger partial charge on any atom is 0.267 e. The third-order valence-corrected chi connectivity index (χ3v) is 4.02. The number of hydrazone groups is 1. The second kappa shape index (κ2) is 6.57. The van der Waals surface area contributed by atoms with Crippen LogP contribution in [-0.2, 0) is 11.2 Å². The first-order valence-corrected chi connectivity index (χ1v) is 7.71. The highest BCUT2D eigenvalue weighted by Crippen LogP contribution is 2.19. The van der Waals surface area contributed by atoms with Gasteiger partial charge in [0.25, 0.3) is 5.56 Å². The fraction of sp³-hybridized carbons (Fsp3) is 0.235. The zero-order valence-corrected chi connectivity index (χ0v) is 13.6. The van der Waals surface area contributed by atoms with Gasteiger partial charge in [-0.15, -0.1) is 0 Å². The number of nitrogens with one attached hydrogen (secondary N) is 4. The second-order valence-electron chi connectivity index (χ2n) is 5.69. The average molecular weight is 325 g/mol. The molecule has 0 aliphatic heterocycles. The molecule has 2 heterocycles. The summed E-state index contributed by atoms with van der Waals surface area (Å²) in [6, 6.07) is 7.92. The fourth-order valence-electron chi connectivity index (χ4n) is 2.70. The Hall–Kier alpha value is -3.09. The van der Waals surface area contributed by atoms with Gasteiger partial charge in [0.05, 0.1) is 6.21 Å². The smallest absolute Gasteiger partial charge is 0.267 e. The van der Waals surface area contributed by atoms with Gasteiger partial charge in [-0.25, -0.2) is 5.43 Å². The molecule has 0 atom stereocenters. The Labute approximate surface area is 138 Å². The number of aryl methyl sites for hydroxylation is 2. The molecule has 2 aromatic heterocycles. The first kappa shape index (κ1) is 15.8. The van der Waals surface area contributed by atoms with Crippen molar-refractivity contribution in [1.29, 1.82) is 0 Å². The van der Waals surface area contributed by atoms with Gasteiger partial charge in [0.15, 0.2) is 0 Å². The minimum atomic E-state index is -0.233. The van der Waals surface area contributed by atoms with E-state index in [2.05, 4.69) is 25.7 Å². The van der Waals surface area contributed by atoms with E-state index in [9.17, 15) is 9.59 Å². The Kier molecular flexibility index (Phi) is 4.33. The van der Waals surface area contributed by atoms with Crippen molar-refractivity contribution in [2.75, 3.05) is 0 Å². The maximum atomic E-state index is 11.9. The molecule has 1 aromatic carbocycles. The van der Waals surface area contributed by atoms with Gasteiger partial charge < -0.3 is 10.1 Å². The van der Waals surface area contributed by atoms with Crippen molar-refractivity contribution in [3.05, 3.63) is 57.1 Å². The molecule has 0 saturated heterocycles. The number of para-hydroxylation sites is 1. The van der Waals surface area contributed by atoms with E-state index in [-0.39, 0.29) is 17.9 Å². The molecule has 7 nitrogen and oxygen atoms in total. The van der Waals surface area contributed by atoms with Crippen LogP contribution in [0.3, 0.4) is 0 Å². The van der Waals surface area contributed by atoms with Crippen LogP contribution in [0, 0.1) is 13.8 Å². The van der Waals surface area contributed by atoms with Crippen molar-refractivity contribution < 1.29 is 4.79 Å².